The minimum atomic E-state index is -4.20. The van der Waals surface area contributed by atoms with E-state index in [1.807, 2.05) is 0 Å². The minimum absolute atomic E-state index is 0.369. The van der Waals surface area contributed by atoms with Crippen molar-refractivity contribution in [3.8, 4) is 0 Å². The zero-order valence-corrected chi connectivity index (χ0v) is 44.2. The van der Waals surface area contributed by atoms with Crippen LogP contribution in [0.1, 0.15) is 118 Å². The molecule has 1 unspecified atom stereocenters. The summed E-state index contributed by atoms with van der Waals surface area (Å²) in [5.74, 6) is -4.08. The van der Waals surface area contributed by atoms with E-state index in [1.54, 1.807) is 96.9 Å². The summed E-state index contributed by atoms with van der Waals surface area (Å²) in [5, 5.41) is 30.0. The lowest BCUT2D eigenvalue weighted by atomic mass is 9.89. The van der Waals surface area contributed by atoms with Crippen LogP contribution in [0.25, 0.3) is 0 Å². The van der Waals surface area contributed by atoms with Gasteiger partial charge in [-0.2, -0.15) is 0 Å². The molecule has 23 nitrogen and oxygen atoms in total. The molecule has 2 heterocycles. The van der Waals surface area contributed by atoms with Crippen LogP contribution in [-0.2, 0) is 93.9 Å². The van der Waals surface area contributed by atoms with Gasteiger partial charge in [-0.3, -0.25) is 56.0 Å². The van der Waals surface area contributed by atoms with Crippen molar-refractivity contribution >= 4 is 51.0 Å². The molecule has 0 aliphatic carbocycles. The van der Waals surface area contributed by atoms with Gasteiger partial charge < -0.3 is 53.2 Å². The standard InChI is InChI=1S/C24H41O12P.C19H35O11P/c1-14-15(2)34-18(20(36-17(4)26)19(14)35-16(3)25)11-37(29,32-12-30-21(27)23(5,6)7)33-13-31-22(28)24(8,9)10;1-11-13(20)15(22)14(21)12(30-11)8-31(25,28-9-26-16(23)18(2,3)4)29-10-27-17(24)19(5,6)7/h14-15,18-20H,11-13H2,1-10H3;11-15,20-22H,8-10H2,1-7H3/t14-,15+,18-,19?,20-;11-,12+,13+,14+,15+/m10/s1. The molecule has 10 atom stereocenters. The quantitative estimate of drug-likeness (QED) is 0.0720. The normalized spacial score (nSPS) is 26.0. The molecule has 2 aliphatic rings. The van der Waals surface area contributed by atoms with E-state index in [2.05, 4.69) is 0 Å². The second-order valence-electron chi connectivity index (χ2n) is 20.5. The molecule has 2 aliphatic heterocycles. The predicted octanol–water partition coefficient (Wildman–Crippen LogP) is 4.77. The fourth-order valence-corrected chi connectivity index (χ4v) is 8.52. The molecule has 3 N–H and O–H groups in total. The van der Waals surface area contributed by atoms with E-state index in [0.717, 1.165) is 0 Å². The summed E-state index contributed by atoms with van der Waals surface area (Å²) in [6.45, 7) is 24.0. The van der Waals surface area contributed by atoms with Crippen molar-refractivity contribution in [1.29, 1.82) is 0 Å². The van der Waals surface area contributed by atoms with Gasteiger partial charge in [-0.15, -0.1) is 0 Å². The zero-order valence-electron chi connectivity index (χ0n) is 42.4. The highest BCUT2D eigenvalue weighted by Gasteiger charge is 2.50. The molecule has 0 aromatic rings. The van der Waals surface area contributed by atoms with Gasteiger partial charge in [0.1, 0.15) is 30.5 Å². The van der Waals surface area contributed by atoms with Crippen molar-refractivity contribution in [2.45, 2.75) is 173 Å². The maximum atomic E-state index is 13.7. The second kappa shape index (κ2) is 25.9. The Morgan fingerprint density at radius 3 is 1.06 bits per heavy atom. The van der Waals surface area contributed by atoms with Gasteiger partial charge in [0, 0.05) is 19.8 Å². The van der Waals surface area contributed by atoms with Gasteiger partial charge in [-0.25, -0.2) is 0 Å². The van der Waals surface area contributed by atoms with E-state index in [0.29, 0.717) is 0 Å². The number of rotatable bonds is 18. The van der Waals surface area contributed by atoms with Crippen molar-refractivity contribution in [2.75, 3.05) is 39.5 Å². The molecule has 396 valence electrons. The van der Waals surface area contributed by atoms with Crippen LogP contribution in [0, 0.1) is 27.6 Å². The molecule has 0 amide bonds. The van der Waals surface area contributed by atoms with Crippen LogP contribution in [0.4, 0.5) is 0 Å². The summed E-state index contributed by atoms with van der Waals surface area (Å²) < 4.78 is 90.3. The first-order valence-corrected chi connectivity index (χ1v) is 25.3. The Hall–Kier alpha value is -3.08. The summed E-state index contributed by atoms with van der Waals surface area (Å²) in [6, 6.07) is 0. The lowest BCUT2D eigenvalue weighted by molar-refractivity contribution is -0.216. The molecular formula is C43H76O23P2. The minimum Gasteiger partial charge on any atom is -0.458 e. The molecule has 0 radical (unpaired) electrons. The lowest BCUT2D eigenvalue weighted by Gasteiger charge is -2.44. The van der Waals surface area contributed by atoms with Crippen molar-refractivity contribution in [2.24, 2.45) is 27.6 Å². The predicted molar refractivity (Wildman–Crippen MR) is 238 cm³/mol. The number of aliphatic hydroxyl groups excluding tert-OH is 3. The van der Waals surface area contributed by atoms with Crippen molar-refractivity contribution in [1.82, 2.24) is 0 Å². The number of esters is 6. The van der Waals surface area contributed by atoms with E-state index in [9.17, 15) is 53.2 Å². The number of hydrogen-bond donors (Lipinski definition) is 3. The zero-order chi connectivity index (χ0) is 53.0. The summed E-state index contributed by atoms with van der Waals surface area (Å²) in [5.41, 5.74) is -3.33. The monoisotopic (exact) mass is 1020 g/mol. The highest BCUT2D eigenvalue weighted by molar-refractivity contribution is 7.54. The molecule has 68 heavy (non-hydrogen) atoms. The maximum absolute atomic E-state index is 13.7. The average Bonchev–Trinajstić information content (AvgIpc) is 3.17. The van der Waals surface area contributed by atoms with Crippen LogP contribution in [-0.4, -0.2) is 146 Å². The number of carbonyl (C=O) groups excluding carboxylic acids is 6. The first kappa shape index (κ1) is 62.9. The Labute approximate surface area is 399 Å². The highest BCUT2D eigenvalue weighted by atomic mass is 31.2. The van der Waals surface area contributed by atoms with Crippen molar-refractivity contribution < 1.29 is 109 Å². The SMILES string of the molecule is CC(=O)OC1[C@H](C)[C@H](C)O[C@H](CP(=O)(OCOC(=O)C(C)(C)C)OCOC(=O)C(C)(C)C)[C@H]1OC(C)=O.C[C@@H]1O[C@H](CP(=O)(OCOC(=O)C(C)(C)C)OCOC(=O)C(C)(C)C)[C@@H](O)[C@H](O)[C@@H]1O. The third kappa shape index (κ3) is 21.1. The largest absolute Gasteiger partial charge is 0.458 e. The van der Waals surface area contributed by atoms with Gasteiger partial charge in [0.2, 0.25) is 27.2 Å². The van der Waals surface area contributed by atoms with Crippen molar-refractivity contribution in [3.05, 3.63) is 0 Å². The molecule has 0 aromatic heterocycles. The van der Waals surface area contributed by atoms with E-state index >= 15 is 0 Å². The lowest BCUT2D eigenvalue weighted by Crippen LogP contribution is -2.57. The highest BCUT2D eigenvalue weighted by Crippen LogP contribution is 2.52. The van der Waals surface area contributed by atoms with Crippen LogP contribution in [0.15, 0.2) is 0 Å². The maximum Gasteiger partial charge on any atom is 0.339 e. The van der Waals surface area contributed by atoms with E-state index in [-0.39, 0.29) is 5.92 Å². The number of hydrogen-bond acceptors (Lipinski definition) is 23. The molecule has 2 rings (SSSR count). The topological polar surface area (TPSA) is 308 Å². The van der Waals surface area contributed by atoms with Crippen LogP contribution < -0.4 is 0 Å². The summed E-state index contributed by atoms with van der Waals surface area (Å²) in [7, 11) is -8.35. The molecule has 2 saturated heterocycles. The smallest absolute Gasteiger partial charge is 0.339 e. The third-order valence-corrected chi connectivity index (χ3v) is 13.5. The van der Waals surface area contributed by atoms with Gasteiger partial charge in [0.05, 0.1) is 52.3 Å². The first-order valence-electron chi connectivity index (χ1n) is 21.9. The van der Waals surface area contributed by atoms with Crippen LogP contribution in [0.3, 0.4) is 0 Å². The Balaban J connectivity index is 0.000000691. The van der Waals surface area contributed by atoms with Gasteiger partial charge in [0.15, 0.2) is 6.10 Å². The fraction of sp³-hybridized carbons (Fsp3) is 0.860. The molecular weight excluding hydrogens is 946 g/mol. The molecule has 25 heteroatoms. The Kier molecular flexibility index (Phi) is 23.9. The van der Waals surface area contributed by atoms with Gasteiger partial charge in [-0.1, -0.05) is 6.92 Å². The molecule has 2 fully saturated rings. The van der Waals surface area contributed by atoms with Gasteiger partial charge in [-0.05, 0) is 96.9 Å². The number of aliphatic hydroxyl groups is 3. The van der Waals surface area contributed by atoms with E-state index in [4.69, 9.17) is 56.0 Å². The fourth-order valence-electron chi connectivity index (χ4n) is 5.62. The average molecular weight is 1020 g/mol. The van der Waals surface area contributed by atoms with E-state index in [1.165, 1.54) is 20.8 Å². The van der Waals surface area contributed by atoms with E-state index < -0.39 is 167 Å². The second-order valence-corrected chi connectivity index (χ2v) is 24.7. The number of ether oxygens (including phenoxy) is 8. The Morgan fingerprint density at radius 2 is 0.750 bits per heavy atom. The van der Waals surface area contributed by atoms with Crippen LogP contribution in [0.2, 0.25) is 0 Å². The van der Waals surface area contributed by atoms with Crippen LogP contribution in [0.5, 0.6) is 0 Å². The summed E-state index contributed by atoms with van der Waals surface area (Å²) >= 11 is 0. The Bertz CT molecular complexity index is 1720. The van der Waals surface area contributed by atoms with Gasteiger partial charge >= 0.3 is 51.0 Å². The summed E-state index contributed by atoms with van der Waals surface area (Å²) in [4.78, 5) is 71.7. The first-order chi connectivity index (χ1) is 30.7. The molecule has 0 saturated carbocycles. The molecule has 0 aromatic carbocycles. The summed E-state index contributed by atoms with van der Waals surface area (Å²) in [6.07, 6.45) is -11.2. The number of carbonyl (C=O) groups is 6. The van der Waals surface area contributed by atoms with Gasteiger partial charge in [0.25, 0.3) is 0 Å². The van der Waals surface area contributed by atoms with Crippen LogP contribution >= 0.6 is 15.2 Å². The third-order valence-electron chi connectivity index (χ3n) is 9.91. The molecule has 0 spiro atoms. The molecule has 0 bridgehead atoms. The Morgan fingerprint density at radius 1 is 0.456 bits per heavy atom. The van der Waals surface area contributed by atoms with Crippen molar-refractivity contribution in [3.63, 3.8) is 0 Å².